The molecule has 2 aliphatic heterocycles. The number of imidazole rings is 1. The summed E-state index contributed by atoms with van der Waals surface area (Å²) in [6.45, 7) is 4.84. The minimum Gasteiger partial charge on any atom is -0.347 e. The number of nitrogens with one attached hydrogen (secondary N) is 1. The second kappa shape index (κ2) is 8.80. The Labute approximate surface area is 172 Å². The van der Waals surface area contributed by atoms with Gasteiger partial charge in [-0.3, -0.25) is 9.59 Å². The zero-order valence-corrected chi connectivity index (χ0v) is 17.2. The van der Waals surface area contributed by atoms with Crippen LogP contribution in [0.4, 0.5) is 0 Å². The molecule has 0 aliphatic carbocycles. The molecular weight excluding hydrogens is 364 g/mol. The Morgan fingerprint density at radius 3 is 2.55 bits per heavy atom. The highest BCUT2D eigenvalue weighted by Crippen LogP contribution is 2.23. The molecule has 3 heterocycles. The summed E-state index contributed by atoms with van der Waals surface area (Å²) in [5.74, 6) is 0.238. The summed E-state index contributed by atoms with van der Waals surface area (Å²) in [4.78, 5) is 32.6. The van der Waals surface area contributed by atoms with E-state index in [1.165, 1.54) is 18.4 Å². The van der Waals surface area contributed by atoms with Gasteiger partial charge >= 0.3 is 0 Å². The number of nitrogens with zero attached hydrogens (tertiary/aromatic N) is 3. The third-order valence-electron chi connectivity index (χ3n) is 5.95. The highest BCUT2D eigenvalue weighted by atomic mass is 16.2. The van der Waals surface area contributed by atoms with Crippen molar-refractivity contribution in [1.82, 2.24) is 19.8 Å². The van der Waals surface area contributed by atoms with Gasteiger partial charge in [0.05, 0.1) is 5.69 Å². The van der Waals surface area contributed by atoms with Crippen LogP contribution < -0.4 is 5.32 Å². The van der Waals surface area contributed by atoms with Crippen LogP contribution in [0.3, 0.4) is 0 Å². The van der Waals surface area contributed by atoms with E-state index >= 15 is 0 Å². The smallest absolute Gasteiger partial charge is 0.289 e. The number of carbonyl (C=O) groups excluding carboxylic acids is 2. The van der Waals surface area contributed by atoms with E-state index in [9.17, 15) is 9.59 Å². The molecule has 2 amide bonds. The lowest BCUT2D eigenvalue weighted by atomic mass is 10.1. The molecule has 29 heavy (non-hydrogen) atoms. The van der Waals surface area contributed by atoms with Crippen molar-refractivity contribution in [3.8, 4) is 0 Å². The van der Waals surface area contributed by atoms with Gasteiger partial charge < -0.3 is 14.8 Å². The second-order valence-electron chi connectivity index (χ2n) is 8.22. The average Bonchev–Trinajstić information content (AvgIpc) is 2.91. The normalized spacial score (nSPS) is 16.8. The van der Waals surface area contributed by atoms with Crippen molar-refractivity contribution in [2.75, 3.05) is 13.1 Å². The lowest BCUT2D eigenvalue weighted by molar-refractivity contribution is 0.0743. The number of aryl methyl sites for hydroxylation is 1. The molecule has 4 rings (SSSR count). The molecule has 1 saturated heterocycles. The minimum absolute atomic E-state index is 0.0206. The molecule has 0 saturated carbocycles. The van der Waals surface area contributed by atoms with E-state index in [1.807, 2.05) is 34.6 Å². The summed E-state index contributed by atoms with van der Waals surface area (Å²) in [6.07, 6.45) is 7.29. The zero-order chi connectivity index (χ0) is 20.2. The van der Waals surface area contributed by atoms with E-state index in [1.54, 1.807) is 0 Å². The van der Waals surface area contributed by atoms with Crippen molar-refractivity contribution in [3.63, 3.8) is 0 Å². The SMILES string of the molecule is Cc1cccc(CNC(=O)c2nc(C(=O)N3CCCCCC3)n3c2CCCC3)c1. The van der Waals surface area contributed by atoms with Crippen molar-refractivity contribution in [1.29, 1.82) is 0 Å². The maximum absolute atomic E-state index is 13.2. The number of fused-ring (bicyclic) bond motifs is 1. The molecule has 1 aromatic heterocycles. The Hall–Kier alpha value is -2.63. The lowest BCUT2D eigenvalue weighted by Crippen LogP contribution is -2.34. The molecule has 1 fully saturated rings. The second-order valence-corrected chi connectivity index (χ2v) is 8.22. The molecule has 154 valence electrons. The molecule has 0 bridgehead atoms. The van der Waals surface area contributed by atoms with Crippen molar-refractivity contribution >= 4 is 11.8 Å². The van der Waals surface area contributed by atoms with E-state index in [4.69, 9.17) is 0 Å². The fraction of sp³-hybridized carbons (Fsp3) is 0.522. The van der Waals surface area contributed by atoms with Crippen LogP contribution in [0.5, 0.6) is 0 Å². The van der Waals surface area contributed by atoms with Gasteiger partial charge in [-0.2, -0.15) is 0 Å². The molecule has 0 radical (unpaired) electrons. The predicted molar refractivity (Wildman–Crippen MR) is 112 cm³/mol. The topological polar surface area (TPSA) is 67.2 Å². The molecule has 2 aliphatic rings. The predicted octanol–water partition coefficient (Wildman–Crippen LogP) is 3.47. The first-order valence-electron chi connectivity index (χ1n) is 10.9. The maximum Gasteiger partial charge on any atom is 0.289 e. The molecular formula is C23H30N4O2. The van der Waals surface area contributed by atoms with Crippen LogP contribution in [0.25, 0.3) is 0 Å². The highest BCUT2D eigenvalue weighted by Gasteiger charge is 2.30. The summed E-state index contributed by atoms with van der Waals surface area (Å²) >= 11 is 0. The van der Waals surface area contributed by atoms with Crippen LogP contribution in [-0.4, -0.2) is 39.4 Å². The summed E-state index contributed by atoms with van der Waals surface area (Å²) < 4.78 is 2.00. The van der Waals surface area contributed by atoms with Crippen LogP contribution >= 0.6 is 0 Å². The Morgan fingerprint density at radius 1 is 1.03 bits per heavy atom. The van der Waals surface area contributed by atoms with E-state index in [0.29, 0.717) is 18.1 Å². The molecule has 2 aromatic rings. The Bertz CT molecular complexity index is 894. The van der Waals surface area contributed by atoms with E-state index < -0.39 is 0 Å². The highest BCUT2D eigenvalue weighted by molar-refractivity contribution is 5.97. The first-order valence-corrected chi connectivity index (χ1v) is 10.9. The van der Waals surface area contributed by atoms with Gasteiger partial charge in [-0.15, -0.1) is 0 Å². The summed E-state index contributed by atoms with van der Waals surface area (Å²) in [5, 5.41) is 2.99. The van der Waals surface area contributed by atoms with Crippen molar-refractivity contribution in [2.24, 2.45) is 0 Å². The Balaban J connectivity index is 1.55. The molecule has 1 N–H and O–H groups in total. The summed E-state index contributed by atoms with van der Waals surface area (Å²) in [7, 11) is 0. The van der Waals surface area contributed by atoms with Crippen molar-refractivity contribution < 1.29 is 9.59 Å². The fourth-order valence-corrected chi connectivity index (χ4v) is 4.39. The quantitative estimate of drug-likeness (QED) is 0.863. The van der Waals surface area contributed by atoms with Gasteiger partial charge in [0.15, 0.2) is 5.82 Å². The van der Waals surface area contributed by atoms with Crippen LogP contribution in [0.1, 0.15) is 76.5 Å². The van der Waals surface area contributed by atoms with Crippen molar-refractivity contribution in [3.05, 3.63) is 52.6 Å². The van der Waals surface area contributed by atoms with Crippen LogP contribution in [0.2, 0.25) is 0 Å². The van der Waals surface area contributed by atoms with E-state index in [-0.39, 0.29) is 11.8 Å². The third kappa shape index (κ3) is 4.36. The number of amides is 2. The third-order valence-corrected chi connectivity index (χ3v) is 5.95. The molecule has 6 heteroatoms. The largest absolute Gasteiger partial charge is 0.347 e. The fourth-order valence-electron chi connectivity index (χ4n) is 4.39. The summed E-state index contributed by atoms with van der Waals surface area (Å²) in [5.41, 5.74) is 3.57. The zero-order valence-electron chi connectivity index (χ0n) is 17.2. The number of likely N-dealkylation sites (tertiary alicyclic amines) is 1. The van der Waals surface area contributed by atoms with Gasteiger partial charge in [0.25, 0.3) is 11.8 Å². The van der Waals surface area contributed by atoms with Gasteiger partial charge in [0.2, 0.25) is 0 Å². The number of carbonyl (C=O) groups is 2. The van der Waals surface area contributed by atoms with Gasteiger partial charge in [-0.1, -0.05) is 42.7 Å². The van der Waals surface area contributed by atoms with E-state index in [0.717, 1.165) is 63.0 Å². The standard InChI is InChI=1S/C23H30N4O2/c1-17-9-8-10-18(15-17)16-24-22(28)20-19-11-4-7-14-27(19)21(25-20)23(29)26-12-5-2-3-6-13-26/h8-10,15H,2-7,11-14,16H2,1H3,(H,24,28). The number of benzene rings is 1. The number of rotatable bonds is 4. The molecule has 0 spiro atoms. The first-order chi connectivity index (χ1) is 14.1. The summed E-state index contributed by atoms with van der Waals surface area (Å²) in [6, 6.07) is 8.10. The maximum atomic E-state index is 13.2. The Morgan fingerprint density at radius 2 is 1.79 bits per heavy atom. The monoisotopic (exact) mass is 394 g/mol. The van der Waals surface area contributed by atoms with Gasteiger partial charge in [-0.05, 0) is 44.6 Å². The number of aromatic nitrogens is 2. The number of hydrogen-bond donors (Lipinski definition) is 1. The van der Waals surface area contributed by atoms with Crippen molar-refractivity contribution in [2.45, 2.75) is 65.0 Å². The first kappa shape index (κ1) is 19.7. The van der Waals surface area contributed by atoms with Crippen LogP contribution in [-0.2, 0) is 19.5 Å². The van der Waals surface area contributed by atoms with Gasteiger partial charge in [0.1, 0.15) is 5.69 Å². The lowest BCUT2D eigenvalue weighted by Gasteiger charge is -2.22. The average molecular weight is 395 g/mol. The molecule has 1 aromatic carbocycles. The van der Waals surface area contributed by atoms with Gasteiger partial charge in [-0.25, -0.2) is 4.98 Å². The minimum atomic E-state index is -0.188. The van der Waals surface area contributed by atoms with Crippen LogP contribution in [0.15, 0.2) is 24.3 Å². The molecule has 0 unspecified atom stereocenters. The molecule has 6 nitrogen and oxygen atoms in total. The molecule has 0 atom stereocenters. The van der Waals surface area contributed by atoms with E-state index in [2.05, 4.69) is 16.4 Å². The number of hydrogen-bond acceptors (Lipinski definition) is 3. The Kier molecular flexibility index (Phi) is 5.97. The van der Waals surface area contributed by atoms with Gasteiger partial charge in [0, 0.05) is 26.2 Å². The van der Waals surface area contributed by atoms with Crippen LogP contribution in [0, 0.1) is 6.92 Å².